The van der Waals surface area contributed by atoms with Crippen LogP contribution in [0.15, 0.2) is 24.3 Å². The Balaban J connectivity index is 1.50. The first kappa shape index (κ1) is 17.0. The van der Waals surface area contributed by atoms with E-state index in [9.17, 15) is 9.18 Å². The second-order valence-corrected chi connectivity index (χ2v) is 7.24. The molecule has 0 bridgehead atoms. The average Bonchev–Trinajstić information content (AvgIpc) is 3.28. The minimum atomic E-state index is -0.254. The molecule has 2 aliphatic rings. The van der Waals surface area contributed by atoms with Crippen LogP contribution >= 0.6 is 0 Å². The van der Waals surface area contributed by atoms with E-state index in [1.165, 1.54) is 25.0 Å². The van der Waals surface area contributed by atoms with Crippen molar-refractivity contribution in [2.75, 3.05) is 6.54 Å². The number of benzene rings is 1. The number of amides is 2. The van der Waals surface area contributed by atoms with Crippen LogP contribution < -0.4 is 5.32 Å². The molecule has 1 fully saturated rings. The van der Waals surface area contributed by atoms with Gasteiger partial charge in [0.25, 0.3) is 0 Å². The van der Waals surface area contributed by atoms with Crippen LogP contribution in [0.25, 0.3) is 0 Å². The van der Waals surface area contributed by atoms with Crippen molar-refractivity contribution < 1.29 is 9.18 Å². The molecule has 1 atom stereocenters. The Kier molecular flexibility index (Phi) is 4.61. The largest absolute Gasteiger partial charge is 0.331 e. The molecule has 2 aromatic rings. The summed E-state index contributed by atoms with van der Waals surface area (Å²) in [5.74, 6) is 1.71. The van der Waals surface area contributed by atoms with E-state index in [0.717, 1.165) is 30.1 Å². The lowest BCUT2D eigenvalue weighted by atomic mass is 9.91. The molecular weight excluding hydrogens is 333 g/mol. The van der Waals surface area contributed by atoms with Crippen molar-refractivity contribution in [1.29, 1.82) is 0 Å². The normalized spacial score (nSPS) is 18.6. The molecule has 7 heteroatoms. The van der Waals surface area contributed by atoms with Crippen molar-refractivity contribution in [3.63, 3.8) is 0 Å². The molecule has 1 saturated carbocycles. The van der Waals surface area contributed by atoms with Crippen LogP contribution in [0.3, 0.4) is 0 Å². The minimum Gasteiger partial charge on any atom is -0.331 e. The number of fused-ring (bicyclic) bond motifs is 1. The van der Waals surface area contributed by atoms with Gasteiger partial charge < -0.3 is 10.2 Å². The molecule has 6 nitrogen and oxygen atoms in total. The Bertz CT molecular complexity index is 782. The number of rotatable bonds is 3. The monoisotopic (exact) mass is 357 g/mol. The molecule has 1 aliphatic carbocycles. The summed E-state index contributed by atoms with van der Waals surface area (Å²) >= 11 is 0. The maximum Gasteiger partial charge on any atom is 0.318 e. The van der Waals surface area contributed by atoms with E-state index in [1.807, 2.05) is 11.6 Å². The van der Waals surface area contributed by atoms with Gasteiger partial charge in [-0.15, -0.1) is 0 Å². The van der Waals surface area contributed by atoms with Gasteiger partial charge in [0, 0.05) is 6.54 Å². The molecule has 1 aromatic heterocycles. The smallest absolute Gasteiger partial charge is 0.318 e. The molecule has 2 amide bonds. The summed E-state index contributed by atoms with van der Waals surface area (Å²) < 4.78 is 15.2. The van der Waals surface area contributed by atoms with Crippen LogP contribution in [0.5, 0.6) is 0 Å². The third kappa shape index (κ3) is 3.43. The first-order chi connectivity index (χ1) is 12.6. The first-order valence-corrected chi connectivity index (χ1v) is 9.31. The zero-order valence-corrected chi connectivity index (χ0v) is 15.0. The summed E-state index contributed by atoms with van der Waals surface area (Å²) in [6.07, 6.45) is 4.56. The zero-order chi connectivity index (χ0) is 18.1. The number of nitrogens with one attached hydrogen (secondary N) is 1. The van der Waals surface area contributed by atoms with Crippen LogP contribution in [0.2, 0.25) is 0 Å². The van der Waals surface area contributed by atoms with E-state index in [0.29, 0.717) is 25.6 Å². The highest BCUT2D eigenvalue weighted by Crippen LogP contribution is 2.36. The topological polar surface area (TPSA) is 63.1 Å². The number of nitrogens with zero attached hydrogens (tertiary/aromatic N) is 4. The maximum atomic E-state index is 13.3. The molecule has 1 N–H and O–H groups in total. The molecule has 1 unspecified atom stereocenters. The Hall–Kier alpha value is -2.44. The molecule has 1 aliphatic heterocycles. The fraction of sp³-hybridized carbons (Fsp3) is 0.526. The van der Waals surface area contributed by atoms with Crippen molar-refractivity contribution in [2.45, 2.75) is 51.7 Å². The van der Waals surface area contributed by atoms with E-state index >= 15 is 0 Å². The molecular formula is C19H24FN5O. The Morgan fingerprint density at radius 1 is 1.23 bits per heavy atom. The van der Waals surface area contributed by atoms with Crippen LogP contribution in [0, 0.1) is 18.7 Å². The number of hydrogen-bond donors (Lipinski definition) is 1. The summed E-state index contributed by atoms with van der Waals surface area (Å²) in [7, 11) is 0. The second-order valence-electron chi connectivity index (χ2n) is 7.24. The molecule has 4 rings (SSSR count). The van der Waals surface area contributed by atoms with Crippen LogP contribution in [0.4, 0.5) is 9.18 Å². The molecule has 26 heavy (non-hydrogen) atoms. The Morgan fingerprint density at radius 2 is 1.96 bits per heavy atom. The lowest BCUT2D eigenvalue weighted by Crippen LogP contribution is -2.46. The number of urea groups is 1. The fourth-order valence-electron chi connectivity index (χ4n) is 4.09. The van der Waals surface area contributed by atoms with E-state index in [1.54, 1.807) is 17.0 Å². The average molecular weight is 357 g/mol. The summed E-state index contributed by atoms with van der Waals surface area (Å²) in [5.41, 5.74) is 0.975. The predicted molar refractivity (Wildman–Crippen MR) is 94.8 cm³/mol. The van der Waals surface area contributed by atoms with Gasteiger partial charge in [0.15, 0.2) is 0 Å². The molecule has 0 spiro atoms. The van der Waals surface area contributed by atoms with E-state index in [2.05, 4.69) is 15.4 Å². The van der Waals surface area contributed by atoms with Crippen molar-refractivity contribution in [3.05, 3.63) is 47.3 Å². The number of aromatic nitrogens is 3. The van der Waals surface area contributed by atoms with Gasteiger partial charge in [-0.05, 0) is 43.4 Å². The Labute approximate surface area is 152 Å². The first-order valence-electron chi connectivity index (χ1n) is 9.31. The molecule has 138 valence electrons. The minimum absolute atomic E-state index is 0.0767. The second kappa shape index (κ2) is 7.05. The number of aryl methyl sites for hydroxylation is 1. The van der Waals surface area contributed by atoms with Crippen molar-refractivity contribution in [1.82, 2.24) is 25.0 Å². The van der Waals surface area contributed by atoms with Crippen molar-refractivity contribution in [2.24, 2.45) is 5.92 Å². The van der Waals surface area contributed by atoms with Gasteiger partial charge in [-0.3, -0.25) is 0 Å². The van der Waals surface area contributed by atoms with Gasteiger partial charge in [-0.1, -0.05) is 25.0 Å². The van der Waals surface area contributed by atoms with E-state index in [-0.39, 0.29) is 17.9 Å². The third-order valence-corrected chi connectivity index (χ3v) is 5.43. The van der Waals surface area contributed by atoms with Crippen LogP contribution in [-0.2, 0) is 13.1 Å². The lowest BCUT2D eigenvalue weighted by molar-refractivity contribution is 0.171. The van der Waals surface area contributed by atoms with Crippen molar-refractivity contribution in [3.8, 4) is 0 Å². The summed E-state index contributed by atoms with van der Waals surface area (Å²) in [6.45, 7) is 3.60. The van der Waals surface area contributed by atoms with Gasteiger partial charge in [-0.2, -0.15) is 5.10 Å². The van der Waals surface area contributed by atoms with Gasteiger partial charge >= 0.3 is 6.03 Å². The number of carbonyl (C=O) groups excluding carboxylic acids is 1. The number of carbonyl (C=O) groups is 1. The highest BCUT2D eigenvalue weighted by molar-refractivity contribution is 5.74. The summed E-state index contributed by atoms with van der Waals surface area (Å²) in [4.78, 5) is 19.1. The molecule has 0 radical (unpaired) electrons. The summed E-state index contributed by atoms with van der Waals surface area (Å²) in [6, 6.07) is 6.35. The highest BCUT2D eigenvalue weighted by Gasteiger charge is 2.30. The summed E-state index contributed by atoms with van der Waals surface area (Å²) in [5, 5.41) is 7.55. The maximum absolute atomic E-state index is 13.3. The molecule has 2 heterocycles. The van der Waals surface area contributed by atoms with Crippen LogP contribution in [0.1, 0.15) is 48.9 Å². The van der Waals surface area contributed by atoms with Crippen molar-refractivity contribution >= 4 is 6.03 Å². The number of hydrogen-bond acceptors (Lipinski definition) is 3. The number of halogens is 1. The zero-order valence-electron chi connectivity index (χ0n) is 15.0. The molecule has 1 aromatic carbocycles. The van der Waals surface area contributed by atoms with E-state index < -0.39 is 0 Å². The molecule has 0 saturated heterocycles. The Morgan fingerprint density at radius 3 is 2.69 bits per heavy atom. The predicted octanol–water partition coefficient (Wildman–Crippen LogP) is 3.18. The van der Waals surface area contributed by atoms with Gasteiger partial charge in [0.1, 0.15) is 17.5 Å². The van der Waals surface area contributed by atoms with Gasteiger partial charge in [-0.25, -0.2) is 18.9 Å². The van der Waals surface area contributed by atoms with Gasteiger partial charge in [0.05, 0.1) is 19.1 Å². The third-order valence-electron chi connectivity index (χ3n) is 5.43. The highest BCUT2D eigenvalue weighted by atomic mass is 19.1. The van der Waals surface area contributed by atoms with Gasteiger partial charge in [0.2, 0.25) is 0 Å². The van der Waals surface area contributed by atoms with E-state index in [4.69, 9.17) is 0 Å². The lowest BCUT2D eigenvalue weighted by Gasteiger charge is -2.31. The SMILES string of the molecule is Cc1nc2n(n1)CCN(C(=O)NC(c1ccc(F)cc1)C1CCCC1)C2. The fourth-order valence-corrected chi connectivity index (χ4v) is 4.09. The standard InChI is InChI=1S/C19H24FN5O/c1-13-21-17-12-24(10-11-25(17)23-13)19(26)22-18(14-4-2-3-5-14)15-6-8-16(20)9-7-15/h6-9,14,18H,2-5,10-12H2,1H3,(H,22,26). The van der Waals surface area contributed by atoms with Crippen LogP contribution in [-0.4, -0.2) is 32.2 Å². The quantitative estimate of drug-likeness (QED) is 0.918.